The van der Waals surface area contributed by atoms with E-state index >= 15 is 0 Å². The predicted octanol–water partition coefficient (Wildman–Crippen LogP) is 4.25. The maximum atomic E-state index is 12.9. The quantitative estimate of drug-likeness (QED) is 0.652. The van der Waals surface area contributed by atoms with Gasteiger partial charge in [0.1, 0.15) is 11.6 Å². The molecule has 0 saturated carbocycles. The summed E-state index contributed by atoms with van der Waals surface area (Å²) in [5.41, 5.74) is 0.980. The van der Waals surface area contributed by atoms with Crippen LogP contribution in [0.15, 0.2) is 54.6 Å². The Labute approximate surface area is 178 Å². The number of nitrogens with zero attached hydrogens (tertiary/aromatic N) is 3. The van der Waals surface area contributed by atoms with Gasteiger partial charge >= 0.3 is 6.03 Å². The summed E-state index contributed by atoms with van der Waals surface area (Å²) in [7, 11) is 0. The van der Waals surface area contributed by atoms with Crippen molar-refractivity contribution < 1.29 is 13.9 Å². The molecule has 0 atom stereocenters. The summed E-state index contributed by atoms with van der Waals surface area (Å²) in [5, 5.41) is 0. The van der Waals surface area contributed by atoms with Crippen LogP contribution in [0, 0.1) is 11.7 Å². The van der Waals surface area contributed by atoms with Crippen molar-refractivity contribution in [2.45, 2.75) is 19.3 Å². The number of hydrogen-bond donors (Lipinski definition) is 0. The zero-order valence-electron chi connectivity index (χ0n) is 17.4. The van der Waals surface area contributed by atoms with E-state index in [9.17, 15) is 9.18 Å². The van der Waals surface area contributed by atoms with E-state index in [1.165, 1.54) is 12.1 Å². The van der Waals surface area contributed by atoms with Crippen molar-refractivity contribution in [3.8, 4) is 5.75 Å². The first-order chi connectivity index (χ1) is 14.7. The number of carbonyl (C=O) groups excluding carboxylic acids is 1. The number of piperidine rings is 1. The fraction of sp³-hybridized carbons (Fsp3) is 0.458. The average molecular weight is 412 g/mol. The van der Waals surface area contributed by atoms with E-state index in [2.05, 4.69) is 4.90 Å². The van der Waals surface area contributed by atoms with Crippen LogP contribution in [-0.2, 0) is 0 Å². The lowest BCUT2D eigenvalue weighted by Gasteiger charge is -2.33. The third-order valence-corrected chi connectivity index (χ3v) is 6.16. The second-order valence-corrected chi connectivity index (χ2v) is 8.13. The lowest BCUT2D eigenvalue weighted by molar-refractivity contribution is 0.151. The Kier molecular flexibility index (Phi) is 6.84. The van der Waals surface area contributed by atoms with Crippen LogP contribution in [0.25, 0.3) is 0 Å². The van der Waals surface area contributed by atoms with E-state index in [1.807, 2.05) is 40.1 Å². The van der Waals surface area contributed by atoms with Crippen molar-refractivity contribution in [3.63, 3.8) is 0 Å². The molecule has 6 heteroatoms. The Balaban J connectivity index is 1.13. The smallest absolute Gasteiger partial charge is 0.324 e. The number of likely N-dealkylation sites (tertiary alicyclic amines) is 1. The van der Waals surface area contributed by atoms with Gasteiger partial charge in [0.25, 0.3) is 0 Å². The van der Waals surface area contributed by atoms with Gasteiger partial charge in [0.05, 0.1) is 6.61 Å². The van der Waals surface area contributed by atoms with Crippen molar-refractivity contribution in [1.29, 1.82) is 0 Å². The van der Waals surface area contributed by atoms with Gasteiger partial charge in [-0.15, -0.1) is 0 Å². The Morgan fingerprint density at radius 3 is 2.37 bits per heavy atom. The van der Waals surface area contributed by atoms with Crippen molar-refractivity contribution in [2.75, 3.05) is 50.8 Å². The summed E-state index contributed by atoms with van der Waals surface area (Å²) in [5.74, 6) is 1.16. The van der Waals surface area contributed by atoms with Crippen molar-refractivity contribution >= 4 is 11.7 Å². The van der Waals surface area contributed by atoms with Crippen LogP contribution in [0.1, 0.15) is 19.3 Å². The highest BCUT2D eigenvalue weighted by molar-refractivity contribution is 5.94. The number of hydrogen-bond acceptors (Lipinski definition) is 3. The van der Waals surface area contributed by atoms with Crippen LogP contribution in [0.2, 0.25) is 0 Å². The summed E-state index contributed by atoms with van der Waals surface area (Å²) >= 11 is 0. The minimum atomic E-state index is -0.238. The molecule has 2 aliphatic heterocycles. The monoisotopic (exact) mass is 411 g/mol. The maximum absolute atomic E-state index is 12.9. The number of carbonyl (C=O) groups is 1. The Bertz CT molecular complexity index is 807. The highest BCUT2D eigenvalue weighted by atomic mass is 19.1. The first-order valence-electron chi connectivity index (χ1n) is 10.9. The van der Waals surface area contributed by atoms with Gasteiger partial charge in [-0.3, -0.25) is 4.90 Å². The maximum Gasteiger partial charge on any atom is 0.324 e. The van der Waals surface area contributed by atoms with Gasteiger partial charge < -0.3 is 14.5 Å². The largest absolute Gasteiger partial charge is 0.494 e. The Hall–Kier alpha value is -2.60. The van der Waals surface area contributed by atoms with Gasteiger partial charge in [-0.25, -0.2) is 9.18 Å². The molecule has 2 heterocycles. The van der Waals surface area contributed by atoms with Crippen LogP contribution in [0.4, 0.5) is 14.9 Å². The average Bonchev–Trinajstić information content (AvgIpc) is 3.15. The van der Waals surface area contributed by atoms with E-state index in [0.717, 1.165) is 70.0 Å². The second-order valence-electron chi connectivity index (χ2n) is 8.13. The minimum absolute atomic E-state index is 0.119. The van der Waals surface area contributed by atoms with E-state index in [-0.39, 0.29) is 11.8 Å². The van der Waals surface area contributed by atoms with Gasteiger partial charge in [0, 0.05) is 31.9 Å². The lowest BCUT2D eigenvalue weighted by atomic mass is 9.94. The number of para-hydroxylation sites is 1. The zero-order valence-corrected chi connectivity index (χ0v) is 17.4. The third-order valence-electron chi connectivity index (χ3n) is 6.16. The Morgan fingerprint density at radius 1 is 0.900 bits per heavy atom. The SMILES string of the molecule is O=C1N(CCN2CCC(CCOc3ccc(F)cc3)CC2)CCN1c1ccccc1. The molecule has 2 aromatic rings. The number of benzene rings is 2. The molecule has 0 aromatic heterocycles. The first-order valence-corrected chi connectivity index (χ1v) is 10.9. The molecule has 0 unspecified atom stereocenters. The van der Waals surface area contributed by atoms with Crippen LogP contribution >= 0.6 is 0 Å². The van der Waals surface area contributed by atoms with Crippen LogP contribution < -0.4 is 9.64 Å². The van der Waals surface area contributed by atoms with Crippen LogP contribution in [0.3, 0.4) is 0 Å². The highest BCUT2D eigenvalue weighted by Crippen LogP contribution is 2.23. The van der Waals surface area contributed by atoms with Gasteiger partial charge in [0.2, 0.25) is 0 Å². The molecule has 2 aliphatic rings. The molecule has 0 radical (unpaired) electrons. The van der Waals surface area contributed by atoms with Crippen molar-refractivity contribution in [1.82, 2.24) is 9.80 Å². The molecule has 2 saturated heterocycles. The summed E-state index contributed by atoms with van der Waals surface area (Å²) in [6.07, 6.45) is 3.36. The summed E-state index contributed by atoms with van der Waals surface area (Å²) in [4.78, 5) is 19.0. The topological polar surface area (TPSA) is 36.0 Å². The first kappa shape index (κ1) is 20.7. The van der Waals surface area contributed by atoms with E-state index < -0.39 is 0 Å². The van der Waals surface area contributed by atoms with Crippen LogP contribution in [-0.4, -0.2) is 61.7 Å². The fourth-order valence-electron chi connectivity index (χ4n) is 4.27. The number of urea groups is 1. The molecular weight excluding hydrogens is 381 g/mol. The van der Waals surface area contributed by atoms with E-state index in [4.69, 9.17) is 4.74 Å². The van der Waals surface area contributed by atoms with Gasteiger partial charge in [-0.2, -0.15) is 0 Å². The molecule has 0 bridgehead atoms. The number of anilines is 1. The number of amides is 2. The molecule has 2 amide bonds. The second kappa shape index (κ2) is 9.94. The third kappa shape index (κ3) is 5.30. The minimum Gasteiger partial charge on any atom is -0.494 e. The zero-order chi connectivity index (χ0) is 20.8. The van der Waals surface area contributed by atoms with E-state index in [1.54, 1.807) is 12.1 Å². The number of ether oxygens (including phenoxy) is 1. The van der Waals surface area contributed by atoms with Gasteiger partial charge in [-0.05, 0) is 74.7 Å². The molecule has 0 N–H and O–H groups in total. The molecule has 0 spiro atoms. The molecule has 2 fully saturated rings. The summed E-state index contributed by atoms with van der Waals surface area (Å²) < 4.78 is 18.7. The Morgan fingerprint density at radius 2 is 1.63 bits per heavy atom. The molecule has 4 rings (SSSR count). The fourth-order valence-corrected chi connectivity index (χ4v) is 4.27. The van der Waals surface area contributed by atoms with Gasteiger partial charge in [-0.1, -0.05) is 18.2 Å². The van der Waals surface area contributed by atoms with Crippen molar-refractivity contribution in [2.24, 2.45) is 5.92 Å². The lowest BCUT2D eigenvalue weighted by Crippen LogP contribution is -2.41. The summed E-state index contributed by atoms with van der Waals surface area (Å²) in [6.45, 7) is 6.11. The number of rotatable bonds is 8. The molecule has 0 aliphatic carbocycles. The van der Waals surface area contributed by atoms with Crippen LogP contribution in [0.5, 0.6) is 5.75 Å². The molecule has 160 valence electrons. The molecule has 5 nitrogen and oxygen atoms in total. The standard InChI is InChI=1S/C24H30FN3O2/c25-21-6-8-23(9-7-21)30-19-12-20-10-13-26(14-11-20)15-16-27-17-18-28(24(27)29)22-4-2-1-3-5-22/h1-9,20H,10-19H2. The predicted molar refractivity (Wildman–Crippen MR) is 116 cm³/mol. The normalized spacial score (nSPS) is 18.2. The van der Waals surface area contributed by atoms with Crippen molar-refractivity contribution in [3.05, 3.63) is 60.4 Å². The molecule has 30 heavy (non-hydrogen) atoms. The van der Waals surface area contributed by atoms with E-state index in [0.29, 0.717) is 12.5 Å². The molecule has 2 aromatic carbocycles. The van der Waals surface area contributed by atoms with Gasteiger partial charge in [0.15, 0.2) is 0 Å². The molecular formula is C24H30FN3O2. The highest BCUT2D eigenvalue weighted by Gasteiger charge is 2.29. The summed E-state index contributed by atoms with van der Waals surface area (Å²) in [6, 6.07) is 16.2. The number of halogens is 1.